The number of ether oxygens (including phenoxy) is 1. The number of nitrogens with one attached hydrogen (secondary N) is 2. The van der Waals surface area contributed by atoms with Gasteiger partial charge in [-0.25, -0.2) is 14.5 Å². The summed E-state index contributed by atoms with van der Waals surface area (Å²) in [5, 5.41) is 20.8. The van der Waals surface area contributed by atoms with E-state index in [0.29, 0.717) is 28.8 Å². The highest BCUT2D eigenvalue weighted by atomic mass is 16.5. The molecule has 0 atom stereocenters. The van der Waals surface area contributed by atoms with E-state index in [0.717, 1.165) is 36.8 Å². The van der Waals surface area contributed by atoms with Crippen LogP contribution in [0.3, 0.4) is 0 Å². The molecular weight excluding hydrogens is 424 g/mol. The molecule has 4 heterocycles. The number of aliphatic hydroxyl groups is 1. The molecule has 1 fully saturated rings. The highest BCUT2D eigenvalue weighted by molar-refractivity contribution is 5.93. The first-order chi connectivity index (χ1) is 15.9. The Hall–Kier alpha value is -3.73. The van der Waals surface area contributed by atoms with E-state index in [2.05, 4.69) is 30.7 Å². The van der Waals surface area contributed by atoms with Crippen molar-refractivity contribution >= 4 is 23.1 Å². The molecule has 11 nitrogen and oxygen atoms in total. The Morgan fingerprint density at radius 3 is 2.76 bits per heavy atom. The third-order valence-electron chi connectivity index (χ3n) is 6.20. The molecule has 0 radical (unpaired) electrons. The van der Waals surface area contributed by atoms with E-state index in [4.69, 9.17) is 4.74 Å². The minimum atomic E-state index is -0.599. The van der Waals surface area contributed by atoms with Crippen LogP contribution in [0.25, 0.3) is 22.4 Å². The van der Waals surface area contributed by atoms with Crippen molar-refractivity contribution in [1.29, 1.82) is 0 Å². The number of hydrogen-bond acceptors (Lipinski definition) is 8. The van der Waals surface area contributed by atoms with Crippen LogP contribution in [0.15, 0.2) is 30.9 Å². The van der Waals surface area contributed by atoms with Crippen LogP contribution >= 0.6 is 0 Å². The predicted molar refractivity (Wildman–Crippen MR) is 121 cm³/mol. The molecule has 4 aromatic heterocycles. The molecule has 0 aliphatic heterocycles. The Morgan fingerprint density at radius 1 is 1.27 bits per heavy atom. The largest absolute Gasteiger partial charge is 0.479 e. The van der Waals surface area contributed by atoms with Crippen molar-refractivity contribution in [3.8, 4) is 17.0 Å². The van der Waals surface area contributed by atoms with Gasteiger partial charge in [0.15, 0.2) is 0 Å². The summed E-state index contributed by atoms with van der Waals surface area (Å²) < 4.78 is 8.98. The van der Waals surface area contributed by atoms with E-state index in [1.807, 2.05) is 25.4 Å². The van der Waals surface area contributed by atoms with Crippen molar-refractivity contribution in [3.05, 3.63) is 36.5 Å². The molecule has 4 aromatic rings. The average Bonchev–Trinajstić information content (AvgIpc) is 3.43. The highest BCUT2D eigenvalue weighted by Crippen LogP contribution is 2.33. The second-order valence-corrected chi connectivity index (χ2v) is 8.62. The Labute approximate surface area is 189 Å². The fourth-order valence-corrected chi connectivity index (χ4v) is 4.30. The van der Waals surface area contributed by atoms with Gasteiger partial charge in [-0.05, 0) is 38.7 Å². The van der Waals surface area contributed by atoms with Crippen LogP contribution in [-0.4, -0.2) is 65.8 Å². The number of hydrogen-bond donors (Lipinski definition) is 3. The van der Waals surface area contributed by atoms with E-state index < -0.39 is 5.60 Å². The molecule has 1 saturated carbocycles. The van der Waals surface area contributed by atoms with E-state index in [9.17, 15) is 9.90 Å². The number of aromatic nitrogens is 6. The van der Waals surface area contributed by atoms with Gasteiger partial charge in [-0.15, -0.1) is 5.10 Å². The van der Waals surface area contributed by atoms with Crippen LogP contribution in [0.5, 0.6) is 5.88 Å². The molecule has 1 amide bonds. The van der Waals surface area contributed by atoms with Crippen LogP contribution in [0.2, 0.25) is 0 Å². The number of carbonyl (C=O) groups excluding carboxylic acids is 1. The minimum Gasteiger partial charge on any atom is -0.479 e. The van der Waals surface area contributed by atoms with Crippen molar-refractivity contribution in [2.24, 2.45) is 0 Å². The minimum absolute atomic E-state index is 0.193. The molecule has 3 N–H and O–H groups in total. The topological polar surface area (TPSA) is 131 Å². The van der Waals surface area contributed by atoms with Crippen molar-refractivity contribution in [2.75, 3.05) is 19.5 Å². The number of nitrogens with zero attached hydrogens (tertiary/aromatic N) is 6. The van der Waals surface area contributed by atoms with Crippen molar-refractivity contribution in [1.82, 2.24) is 34.3 Å². The SMILES string of the molecule is CNC(=O)c1cnc2ncc(-c3ccn4nc(NC5CCC(C)(O)CC5)nc(OC)c34)cn12. The van der Waals surface area contributed by atoms with Gasteiger partial charge in [-0.2, -0.15) is 4.98 Å². The number of rotatable bonds is 5. The highest BCUT2D eigenvalue weighted by Gasteiger charge is 2.29. The monoisotopic (exact) mass is 450 g/mol. The molecule has 11 heteroatoms. The van der Waals surface area contributed by atoms with Crippen molar-refractivity contribution < 1.29 is 14.6 Å². The van der Waals surface area contributed by atoms with E-state index >= 15 is 0 Å². The Kier molecular flexibility index (Phi) is 5.12. The maximum absolute atomic E-state index is 12.2. The Bertz CT molecular complexity index is 1330. The molecular formula is C22H26N8O3. The van der Waals surface area contributed by atoms with Crippen LogP contribution < -0.4 is 15.4 Å². The summed E-state index contributed by atoms with van der Waals surface area (Å²) in [6.07, 6.45) is 10.0. The summed E-state index contributed by atoms with van der Waals surface area (Å²) in [5.41, 5.74) is 2.07. The zero-order valence-electron chi connectivity index (χ0n) is 18.7. The van der Waals surface area contributed by atoms with Gasteiger partial charge in [0, 0.05) is 42.8 Å². The van der Waals surface area contributed by atoms with Gasteiger partial charge in [0.25, 0.3) is 5.91 Å². The predicted octanol–water partition coefficient (Wildman–Crippen LogP) is 1.91. The number of fused-ring (bicyclic) bond motifs is 2. The van der Waals surface area contributed by atoms with Crippen LogP contribution in [-0.2, 0) is 0 Å². The maximum atomic E-state index is 12.2. The molecule has 172 valence electrons. The summed E-state index contributed by atoms with van der Waals surface area (Å²) in [7, 11) is 3.14. The number of amides is 1. The average molecular weight is 451 g/mol. The lowest BCUT2D eigenvalue weighted by atomic mass is 9.84. The second kappa shape index (κ2) is 8.00. The number of anilines is 1. The number of imidazole rings is 1. The number of methoxy groups -OCH3 is 1. The third kappa shape index (κ3) is 3.84. The summed E-state index contributed by atoms with van der Waals surface area (Å²) >= 11 is 0. The summed E-state index contributed by atoms with van der Waals surface area (Å²) in [5.74, 6) is 1.08. The molecule has 0 saturated heterocycles. The van der Waals surface area contributed by atoms with Gasteiger partial charge < -0.3 is 20.5 Å². The van der Waals surface area contributed by atoms with Gasteiger partial charge in [0.1, 0.15) is 11.2 Å². The Morgan fingerprint density at radius 2 is 2.03 bits per heavy atom. The van der Waals surface area contributed by atoms with Gasteiger partial charge in [-0.1, -0.05) is 0 Å². The molecule has 0 aromatic carbocycles. The van der Waals surface area contributed by atoms with Gasteiger partial charge in [0.05, 0.1) is 18.9 Å². The Balaban J connectivity index is 1.51. The lowest BCUT2D eigenvalue weighted by Crippen LogP contribution is -2.36. The van der Waals surface area contributed by atoms with Gasteiger partial charge in [0.2, 0.25) is 17.6 Å². The van der Waals surface area contributed by atoms with E-state index in [1.54, 1.807) is 29.3 Å². The second-order valence-electron chi connectivity index (χ2n) is 8.62. The fraction of sp³-hybridized carbons (Fsp3) is 0.409. The molecule has 1 aliphatic carbocycles. The first-order valence-electron chi connectivity index (χ1n) is 10.9. The normalized spacial score (nSPS) is 20.8. The van der Waals surface area contributed by atoms with Gasteiger partial charge in [-0.3, -0.25) is 9.20 Å². The quantitative estimate of drug-likeness (QED) is 0.420. The molecule has 0 bridgehead atoms. The lowest BCUT2D eigenvalue weighted by Gasteiger charge is -2.33. The molecule has 0 unspecified atom stereocenters. The van der Waals surface area contributed by atoms with Crippen LogP contribution in [0.4, 0.5) is 5.95 Å². The van der Waals surface area contributed by atoms with Crippen molar-refractivity contribution in [3.63, 3.8) is 0 Å². The zero-order valence-corrected chi connectivity index (χ0v) is 18.7. The van der Waals surface area contributed by atoms with Gasteiger partial charge >= 0.3 is 0 Å². The standard InChI is InChI=1S/C22H26N8O3/c1-22(32)7-4-14(5-8-22)26-20-27-19(33-3)17-15(6-9-30(17)28-20)13-10-24-21-25-11-16(18(31)23-2)29(21)12-13/h6,9-12,14,32H,4-5,7-8H2,1-3H3,(H,23,31)(H,26,28). The molecule has 1 aliphatic rings. The summed E-state index contributed by atoms with van der Waals surface area (Å²) in [6, 6.07) is 2.10. The fourth-order valence-electron chi connectivity index (χ4n) is 4.30. The smallest absolute Gasteiger partial charge is 0.269 e. The summed E-state index contributed by atoms with van der Waals surface area (Å²) in [4.78, 5) is 25.3. The van der Waals surface area contributed by atoms with Crippen LogP contribution in [0.1, 0.15) is 43.1 Å². The number of carbonyl (C=O) groups is 1. The van der Waals surface area contributed by atoms with Crippen molar-refractivity contribution in [2.45, 2.75) is 44.2 Å². The first kappa shape index (κ1) is 21.1. The molecule has 33 heavy (non-hydrogen) atoms. The zero-order chi connectivity index (χ0) is 23.2. The molecule has 0 spiro atoms. The first-order valence-corrected chi connectivity index (χ1v) is 10.9. The van der Waals surface area contributed by atoms with E-state index in [1.165, 1.54) is 6.20 Å². The lowest BCUT2D eigenvalue weighted by molar-refractivity contribution is 0.0195. The van der Waals surface area contributed by atoms with E-state index in [-0.39, 0.29) is 11.9 Å². The third-order valence-corrected chi connectivity index (χ3v) is 6.20. The van der Waals surface area contributed by atoms with Crippen LogP contribution in [0, 0.1) is 0 Å². The molecule has 5 rings (SSSR count). The maximum Gasteiger partial charge on any atom is 0.269 e. The summed E-state index contributed by atoms with van der Waals surface area (Å²) in [6.45, 7) is 1.88.